The van der Waals surface area contributed by atoms with Crippen LogP contribution in [0.2, 0.25) is 0 Å². The minimum atomic E-state index is -0.0881. The van der Waals surface area contributed by atoms with E-state index in [0.29, 0.717) is 12.1 Å². The van der Waals surface area contributed by atoms with Crippen LogP contribution in [0.5, 0.6) is 0 Å². The normalized spacial score (nSPS) is 25.3. The van der Waals surface area contributed by atoms with Crippen LogP contribution >= 0.6 is 24.8 Å². The number of halogens is 2. The number of rotatable bonds is 2. The van der Waals surface area contributed by atoms with Gasteiger partial charge in [0.1, 0.15) is 0 Å². The Kier molecular flexibility index (Phi) is 6.91. The van der Waals surface area contributed by atoms with Crippen LogP contribution in [0.4, 0.5) is 0 Å². The van der Waals surface area contributed by atoms with Gasteiger partial charge < -0.3 is 10.2 Å². The van der Waals surface area contributed by atoms with E-state index in [2.05, 4.69) is 15.2 Å². The van der Waals surface area contributed by atoms with Crippen LogP contribution in [0, 0.1) is 0 Å². The van der Waals surface area contributed by atoms with Gasteiger partial charge >= 0.3 is 0 Å². The van der Waals surface area contributed by atoms with Crippen molar-refractivity contribution in [1.82, 2.24) is 15.2 Å². The molecule has 3 heterocycles. The summed E-state index contributed by atoms with van der Waals surface area (Å²) in [5.74, 6) is 0.180. The molecule has 0 spiro atoms. The summed E-state index contributed by atoms with van der Waals surface area (Å²) >= 11 is 0. The van der Waals surface area contributed by atoms with Gasteiger partial charge in [-0.2, -0.15) is 0 Å². The number of nitrogens with one attached hydrogen (secondary N) is 1. The van der Waals surface area contributed by atoms with Gasteiger partial charge in [-0.1, -0.05) is 6.07 Å². The lowest BCUT2D eigenvalue weighted by atomic mass is 10.0. The predicted octanol–water partition coefficient (Wildman–Crippen LogP) is 2.38. The molecule has 1 aromatic rings. The first kappa shape index (κ1) is 18.2. The molecule has 2 fully saturated rings. The Morgan fingerprint density at radius 1 is 1.33 bits per heavy atom. The Labute approximate surface area is 138 Å². The largest absolute Gasteiger partial charge is 0.335 e. The van der Waals surface area contributed by atoms with E-state index >= 15 is 0 Å². The van der Waals surface area contributed by atoms with Crippen molar-refractivity contribution in [2.24, 2.45) is 0 Å². The third-order valence-electron chi connectivity index (χ3n) is 4.46. The number of amides is 1. The molecule has 3 atom stereocenters. The average molecular weight is 332 g/mol. The molecule has 3 rings (SSSR count). The van der Waals surface area contributed by atoms with Gasteiger partial charge in [-0.15, -0.1) is 24.8 Å². The maximum atomic E-state index is 12.8. The number of nitrogens with zero attached hydrogens (tertiary/aromatic N) is 2. The highest BCUT2D eigenvalue weighted by molar-refractivity contribution is 5.85. The Morgan fingerprint density at radius 2 is 2.10 bits per heavy atom. The molecule has 3 unspecified atom stereocenters. The van der Waals surface area contributed by atoms with E-state index in [-0.39, 0.29) is 36.6 Å². The first-order valence-electron chi connectivity index (χ1n) is 7.20. The molecule has 1 aromatic heterocycles. The van der Waals surface area contributed by atoms with Gasteiger partial charge in [-0.05, 0) is 44.4 Å². The van der Waals surface area contributed by atoms with Gasteiger partial charge in [-0.25, -0.2) is 0 Å². The van der Waals surface area contributed by atoms with E-state index in [4.69, 9.17) is 0 Å². The first-order valence-corrected chi connectivity index (χ1v) is 7.20. The number of carbonyl (C=O) groups is 1. The van der Waals surface area contributed by atoms with Gasteiger partial charge in [0, 0.05) is 31.0 Å². The van der Waals surface area contributed by atoms with Crippen LogP contribution in [0.1, 0.15) is 37.7 Å². The van der Waals surface area contributed by atoms with Crippen LogP contribution in [0.15, 0.2) is 24.5 Å². The summed E-state index contributed by atoms with van der Waals surface area (Å²) < 4.78 is 0. The molecular formula is C15H23Cl2N3O. The van der Waals surface area contributed by atoms with Crippen molar-refractivity contribution < 1.29 is 4.79 Å². The van der Waals surface area contributed by atoms with Crippen LogP contribution in [-0.2, 0) is 4.79 Å². The molecule has 0 saturated carbocycles. The zero-order valence-corrected chi connectivity index (χ0v) is 13.8. The summed E-state index contributed by atoms with van der Waals surface area (Å²) in [7, 11) is 0. The highest BCUT2D eigenvalue weighted by Gasteiger charge is 2.39. The van der Waals surface area contributed by atoms with Crippen molar-refractivity contribution >= 4 is 30.7 Å². The summed E-state index contributed by atoms with van der Waals surface area (Å²) in [4.78, 5) is 19.1. The zero-order valence-electron chi connectivity index (χ0n) is 12.2. The van der Waals surface area contributed by atoms with E-state index in [1.807, 2.05) is 19.1 Å². The molecule has 0 radical (unpaired) electrons. The van der Waals surface area contributed by atoms with Crippen molar-refractivity contribution in [1.29, 1.82) is 0 Å². The van der Waals surface area contributed by atoms with E-state index in [9.17, 15) is 4.79 Å². The SMILES string of the molecule is CC(C(=O)N1C2CCNCC1CC2)c1cccnc1.Cl.Cl. The second kappa shape index (κ2) is 7.97. The summed E-state index contributed by atoms with van der Waals surface area (Å²) in [5, 5.41) is 3.44. The van der Waals surface area contributed by atoms with Crippen molar-refractivity contribution in [2.45, 2.75) is 44.2 Å². The highest BCUT2D eigenvalue weighted by Crippen LogP contribution is 2.31. The smallest absolute Gasteiger partial charge is 0.230 e. The third kappa shape index (κ3) is 3.68. The number of aromatic nitrogens is 1. The number of hydrogen-bond donors (Lipinski definition) is 1. The van der Waals surface area contributed by atoms with Crippen LogP contribution < -0.4 is 5.32 Å². The monoisotopic (exact) mass is 331 g/mol. The second-order valence-electron chi connectivity index (χ2n) is 5.63. The molecular weight excluding hydrogens is 309 g/mol. The van der Waals surface area contributed by atoms with Gasteiger partial charge in [0.15, 0.2) is 0 Å². The first-order chi connectivity index (χ1) is 9.27. The van der Waals surface area contributed by atoms with Crippen molar-refractivity contribution in [3.05, 3.63) is 30.1 Å². The number of fused-ring (bicyclic) bond motifs is 2. The minimum absolute atomic E-state index is 0. The van der Waals surface area contributed by atoms with Crippen molar-refractivity contribution in [2.75, 3.05) is 13.1 Å². The number of carbonyl (C=O) groups excluding carboxylic acids is 1. The van der Waals surface area contributed by atoms with Crippen molar-refractivity contribution in [3.8, 4) is 0 Å². The summed E-state index contributed by atoms with van der Waals surface area (Å²) in [5.41, 5.74) is 1.02. The maximum Gasteiger partial charge on any atom is 0.230 e. The Balaban J connectivity index is 0.00000110. The molecule has 2 bridgehead atoms. The minimum Gasteiger partial charge on any atom is -0.335 e. The lowest BCUT2D eigenvalue weighted by Gasteiger charge is -2.30. The number of hydrogen-bond acceptors (Lipinski definition) is 3. The summed E-state index contributed by atoms with van der Waals surface area (Å²) in [6.45, 7) is 3.98. The van der Waals surface area contributed by atoms with E-state index in [0.717, 1.165) is 37.9 Å². The zero-order chi connectivity index (χ0) is 13.2. The van der Waals surface area contributed by atoms with E-state index in [1.54, 1.807) is 12.4 Å². The molecule has 2 saturated heterocycles. The van der Waals surface area contributed by atoms with Crippen LogP contribution in [0.3, 0.4) is 0 Å². The quantitative estimate of drug-likeness (QED) is 0.904. The molecule has 6 heteroatoms. The summed E-state index contributed by atoms with van der Waals surface area (Å²) in [6.07, 6.45) is 6.95. The molecule has 1 N–H and O–H groups in total. The number of pyridine rings is 1. The van der Waals surface area contributed by atoms with Crippen molar-refractivity contribution in [3.63, 3.8) is 0 Å². The van der Waals surface area contributed by atoms with Crippen LogP contribution in [-0.4, -0.2) is 41.0 Å². The van der Waals surface area contributed by atoms with Crippen LogP contribution in [0.25, 0.3) is 0 Å². The molecule has 0 aromatic carbocycles. The fourth-order valence-electron chi connectivity index (χ4n) is 3.34. The third-order valence-corrected chi connectivity index (χ3v) is 4.46. The summed E-state index contributed by atoms with van der Waals surface area (Å²) in [6, 6.07) is 4.72. The van der Waals surface area contributed by atoms with E-state index < -0.39 is 0 Å². The molecule has 2 aliphatic rings. The second-order valence-corrected chi connectivity index (χ2v) is 5.63. The highest BCUT2D eigenvalue weighted by atomic mass is 35.5. The molecule has 0 aliphatic carbocycles. The molecule has 4 nitrogen and oxygen atoms in total. The average Bonchev–Trinajstić information content (AvgIpc) is 2.71. The van der Waals surface area contributed by atoms with Gasteiger partial charge in [-0.3, -0.25) is 9.78 Å². The lowest BCUT2D eigenvalue weighted by molar-refractivity contribution is -0.135. The Bertz CT molecular complexity index is 443. The molecule has 118 valence electrons. The van der Waals surface area contributed by atoms with Gasteiger partial charge in [0.05, 0.1) is 5.92 Å². The molecule has 1 amide bonds. The Hall–Kier alpha value is -0.840. The topological polar surface area (TPSA) is 45.2 Å². The van der Waals surface area contributed by atoms with E-state index in [1.165, 1.54) is 0 Å². The standard InChI is InChI=1S/C15H21N3O.2ClH/c1-11(12-3-2-7-16-9-12)15(19)18-13-4-5-14(18)10-17-8-6-13;;/h2-3,7,9,11,13-14,17H,4-6,8,10H2,1H3;2*1H. The molecule has 21 heavy (non-hydrogen) atoms. The lowest BCUT2D eigenvalue weighted by Crippen LogP contribution is -2.44. The maximum absolute atomic E-state index is 12.8. The fraction of sp³-hybridized carbons (Fsp3) is 0.600. The predicted molar refractivity (Wildman–Crippen MR) is 88.3 cm³/mol. The van der Waals surface area contributed by atoms with Gasteiger partial charge in [0.2, 0.25) is 5.91 Å². The molecule has 2 aliphatic heterocycles. The Morgan fingerprint density at radius 3 is 2.81 bits per heavy atom. The van der Waals surface area contributed by atoms with Gasteiger partial charge in [0.25, 0.3) is 0 Å². The fourth-order valence-corrected chi connectivity index (χ4v) is 3.34.